The molecule has 8 nitrogen and oxygen atoms in total. The molecule has 3 aromatic rings. The summed E-state index contributed by atoms with van der Waals surface area (Å²) in [6, 6.07) is 11.5. The predicted octanol–water partition coefficient (Wildman–Crippen LogP) is 3.00. The van der Waals surface area contributed by atoms with Crippen molar-refractivity contribution in [2.75, 3.05) is 4.90 Å². The zero-order chi connectivity index (χ0) is 19.1. The topological polar surface area (TPSA) is 119 Å². The highest BCUT2D eigenvalue weighted by Crippen LogP contribution is 2.40. The zero-order valence-corrected chi connectivity index (χ0v) is 15.4. The van der Waals surface area contributed by atoms with Gasteiger partial charge in [0.25, 0.3) is 0 Å². The van der Waals surface area contributed by atoms with E-state index < -0.39 is 5.66 Å². The standard InChI is InChI=1S/C20H21N7O/c21-18-25-19(22)27(20(26-18)9-3-1-4-10-20)13-7-8-16-15(12-13)24-17(28-16)14-6-2-5-11-23-14/h2,5-8,11-12H,1,3-4,9-10H2,(H4,21,22,25,26). The fourth-order valence-electron chi connectivity index (χ4n) is 4.15. The third-order valence-corrected chi connectivity index (χ3v) is 5.36. The molecule has 0 unspecified atom stereocenters. The van der Waals surface area contributed by atoms with E-state index in [4.69, 9.17) is 20.9 Å². The lowest BCUT2D eigenvalue weighted by atomic mass is 9.87. The number of hydrogen-bond donors (Lipinski definition) is 2. The fraction of sp³-hybridized carbons (Fsp3) is 0.300. The summed E-state index contributed by atoms with van der Waals surface area (Å²) in [4.78, 5) is 19.9. The number of anilines is 1. The molecule has 28 heavy (non-hydrogen) atoms. The first kappa shape index (κ1) is 16.7. The first-order chi connectivity index (χ1) is 13.6. The summed E-state index contributed by atoms with van der Waals surface area (Å²) in [5.41, 5.74) is 14.8. The molecule has 8 heteroatoms. The van der Waals surface area contributed by atoms with E-state index in [-0.39, 0.29) is 5.96 Å². The van der Waals surface area contributed by atoms with Gasteiger partial charge in [-0.1, -0.05) is 12.5 Å². The Morgan fingerprint density at radius 2 is 1.89 bits per heavy atom. The van der Waals surface area contributed by atoms with E-state index >= 15 is 0 Å². The summed E-state index contributed by atoms with van der Waals surface area (Å²) < 4.78 is 5.88. The number of aliphatic imine (C=N–C) groups is 2. The minimum absolute atomic E-state index is 0.246. The Morgan fingerprint density at radius 3 is 2.68 bits per heavy atom. The van der Waals surface area contributed by atoms with E-state index in [1.54, 1.807) is 6.20 Å². The van der Waals surface area contributed by atoms with Crippen molar-refractivity contribution in [2.45, 2.75) is 37.8 Å². The molecular formula is C20H21N7O. The summed E-state index contributed by atoms with van der Waals surface area (Å²) >= 11 is 0. The Bertz CT molecular complexity index is 1080. The molecule has 1 aliphatic heterocycles. The molecule has 4 N–H and O–H groups in total. The van der Waals surface area contributed by atoms with Crippen molar-refractivity contribution in [3.05, 3.63) is 42.6 Å². The number of guanidine groups is 2. The zero-order valence-electron chi connectivity index (χ0n) is 15.4. The smallest absolute Gasteiger partial charge is 0.246 e. The van der Waals surface area contributed by atoms with Gasteiger partial charge in [-0.05, 0) is 56.0 Å². The van der Waals surface area contributed by atoms with E-state index in [1.807, 2.05) is 41.3 Å². The highest BCUT2D eigenvalue weighted by molar-refractivity contribution is 6.06. The molecule has 0 bridgehead atoms. The second kappa shape index (κ2) is 6.33. The normalized spacial score (nSPS) is 18.9. The van der Waals surface area contributed by atoms with Crippen LogP contribution in [0.4, 0.5) is 5.69 Å². The van der Waals surface area contributed by atoms with Gasteiger partial charge in [-0.3, -0.25) is 9.88 Å². The van der Waals surface area contributed by atoms with E-state index in [1.165, 1.54) is 6.42 Å². The third-order valence-electron chi connectivity index (χ3n) is 5.36. The molecule has 1 spiro atoms. The molecule has 2 aliphatic rings. The van der Waals surface area contributed by atoms with Gasteiger partial charge in [-0.25, -0.2) is 9.98 Å². The summed E-state index contributed by atoms with van der Waals surface area (Å²) in [7, 11) is 0. The second-order valence-corrected chi connectivity index (χ2v) is 7.20. The Kier molecular flexibility index (Phi) is 3.78. The van der Waals surface area contributed by atoms with Crippen LogP contribution in [0.15, 0.2) is 57.0 Å². The van der Waals surface area contributed by atoms with Gasteiger partial charge in [0.2, 0.25) is 17.8 Å². The highest BCUT2D eigenvalue weighted by atomic mass is 16.3. The van der Waals surface area contributed by atoms with Crippen LogP contribution in [0.3, 0.4) is 0 Å². The molecule has 3 heterocycles. The molecule has 5 rings (SSSR count). The number of oxazole rings is 1. The van der Waals surface area contributed by atoms with Crippen LogP contribution in [-0.2, 0) is 0 Å². The van der Waals surface area contributed by atoms with Crippen LogP contribution in [0.25, 0.3) is 22.7 Å². The average Bonchev–Trinajstić information content (AvgIpc) is 3.12. The summed E-state index contributed by atoms with van der Waals surface area (Å²) in [6.45, 7) is 0. The Hall–Kier alpha value is -3.42. The maximum absolute atomic E-state index is 6.31. The third kappa shape index (κ3) is 2.69. The van der Waals surface area contributed by atoms with Crippen molar-refractivity contribution >= 4 is 28.7 Å². The van der Waals surface area contributed by atoms with Crippen molar-refractivity contribution in [2.24, 2.45) is 21.5 Å². The number of rotatable bonds is 2. The maximum atomic E-state index is 6.31. The number of nitrogens with zero attached hydrogens (tertiary/aromatic N) is 5. The summed E-state index contributed by atoms with van der Waals surface area (Å²) in [5, 5.41) is 0. The molecule has 1 aliphatic carbocycles. The van der Waals surface area contributed by atoms with Crippen LogP contribution in [-0.4, -0.2) is 27.5 Å². The number of pyridine rings is 1. The Labute approximate surface area is 162 Å². The minimum atomic E-state index is -0.477. The van der Waals surface area contributed by atoms with Crippen LogP contribution in [0, 0.1) is 0 Å². The molecule has 0 saturated heterocycles. The van der Waals surface area contributed by atoms with Gasteiger partial charge in [0.1, 0.15) is 16.9 Å². The van der Waals surface area contributed by atoms with E-state index in [0.29, 0.717) is 23.1 Å². The lowest BCUT2D eigenvalue weighted by Crippen LogP contribution is -2.58. The highest BCUT2D eigenvalue weighted by Gasteiger charge is 2.42. The predicted molar refractivity (Wildman–Crippen MR) is 109 cm³/mol. The van der Waals surface area contributed by atoms with E-state index in [2.05, 4.69) is 15.0 Å². The van der Waals surface area contributed by atoms with Crippen LogP contribution in [0.5, 0.6) is 0 Å². The largest absolute Gasteiger partial charge is 0.435 e. The number of hydrogen-bond acceptors (Lipinski definition) is 8. The second-order valence-electron chi connectivity index (χ2n) is 7.20. The van der Waals surface area contributed by atoms with Gasteiger partial charge in [0, 0.05) is 11.9 Å². The molecule has 1 saturated carbocycles. The van der Waals surface area contributed by atoms with Gasteiger partial charge >= 0.3 is 0 Å². The van der Waals surface area contributed by atoms with Crippen molar-refractivity contribution in [3.63, 3.8) is 0 Å². The lowest BCUT2D eigenvalue weighted by Gasteiger charge is -2.45. The first-order valence-electron chi connectivity index (χ1n) is 9.46. The van der Waals surface area contributed by atoms with Gasteiger partial charge in [-0.15, -0.1) is 0 Å². The van der Waals surface area contributed by atoms with Crippen LogP contribution < -0.4 is 16.4 Å². The molecule has 0 amide bonds. The molecule has 0 radical (unpaired) electrons. The van der Waals surface area contributed by atoms with Crippen molar-refractivity contribution in [3.8, 4) is 11.6 Å². The summed E-state index contributed by atoms with van der Waals surface area (Å²) in [5.74, 6) is 1.10. The molecule has 0 atom stereocenters. The average molecular weight is 375 g/mol. The van der Waals surface area contributed by atoms with Crippen molar-refractivity contribution in [1.29, 1.82) is 0 Å². The van der Waals surface area contributed by atoms with Gasteiger partial charge < -0.3 is 15.9 Å². The Morgan fingerprint density at radius 1 is 1.04 bits per heavy atom. The van der Waals surface area contributed by atoms with Gasteiger partial charge in [-0.2, -0.15) is 4.99 Å². The lowest BCUT2D eigenvalue weighted by molar-refractivity contribution is 0.305. The Balaban J connectivity index is 1.59. The molecule has 142 valence electrons. The number of fused-ring (bicyclic) bond motifs is 1. The quantitative estimate of drug-likeness (QED) is 0.711. The minimum Gasteiger partial charge on any atom is -0.435 e. The van der Waals surface area contributed by atoms with Crippen LogP contribution in [0.2, 0.25) is 0 Å². The molecule has 2 aromatic heterocycles. The molecule has 1 fully saturated rings. The number of nitrogens with two attached hydrogens (primary N) is 2. The van der Waals surface area contributed by atoms with E-state index in [9.17, 15) is 0 Å². The van der Waals surface area contributed by atoms with Crippen LogP contribution in [0.1, 0.15) is 32.1 Å². The summed E-state index contributed by atoms with van der Waals surface area (Å²) in [6.07, 6.45) is 6.85. The SMILES string of the molecule is NC1=NC2(CCCCC2)N(c2ccc3oc(-c4ccccn4)nc3c2)C(N)=N1. The monoisotopic (exact) mass is 375 g/mol. The molecule has 1 aromatic carbocycles. The van der Waals surface area contributed by atoms with Crippen molar-refractivity contribution in [1.82, 2.24) is 9.97 Å². The van der Waals surface area contributed by atoms with Gasteiger partial charge in [0.15, 0.2) is 5.58 Å². The number of aromatic nitrogens is 2. The fourth-order valence-corrected chi connectivity index (χ4v) is 4.15. The van der Waals surface area contributed by atoms with E-state index in [0.717, 1.165) is 36.9 Å². The van der Waals surface area contributed by atoms with Gasteiger partial charge in [0.05, 0.1) is 0 Å². The molecular weight excluding hydrogens is 354 g/mol. The number of benzene rings is 1. The maximum Gasteiger partial charge on any atom is 0.246 e. The first-order valence-corrected chi connectivity index (χ1v) is 9.46. The van der Waals surface area contributed by atoms with Crippen molar-refractivity contribution < 1.29 is 4.42 Å². The van der Waals surface area contributed by atoms with Crippen LogP contribution >= 0.6 is 0 Å².